The fourth-order valence-corrected chi connectivity index (χ4v) is 5.23. The van der Waals surface area contributed by atoms with Gasteiger partial charge in [-0.2, -0.15) is 8.96 Å². The molecule has 0 saturated heterocycles. The van der Waals surface area contributed by atoms with Crippen LogP contribution in [-0.2, 0) is 7.05 Å². The van der Waals surface area contributed by atoms with Gasteiger partial charge in [0.1, 0.15) is 18.7 Å². The fourth-order valence-electron chi connectivity index (χ4n) is 5.23. The van der Waals surface area contributed by atoms with Crippen LogP contribution in [0.2, 0.25) is 0 Å². The zero-order valence-electron chi connectivity index (χ0n) is 18.4. The van der Waals surface area contributed by atoms with Gasteiger partial charge in [0.15, 0.2) is 17.8 Å². The molecule has 2 aliphatic carbocycles. The molecule has 4 nitrogen and oxygen atoms in total. The number of nitrogens with zero attached hydrogens (tertiary/aromatic N) is 4. The molecule has 2 aromatic heterocycles. The smallest absolute Gasteiger partial charge is 0.217 e. The quantitative estimate of drug-likeness (QED) is 0.504. The summed E-state index contributed by atoms with van der Waals surface area (Å²) >= 11 is 0. The second-order valence-corrected chi connectivity index (χ2v) is 9.19. The van der Waals surface area contributed by atoms with E-state index in [1.165, 1.54) is 25.7 Å². The van der Waals surface area contributed by atoms with Gasteiger partial charge < -0.3 is 0 Å². The van der Waals surface area contributed by atoms with Gasteiger partial charge >= 0.3 is 0 Å². The zero-order valence-corrected chi connectivity index (χ0v) is 18.4. The lowest BCUT2D eigenvalue weighted by Crippen LogP contribution is -2.32. The number of hydrogen-bond donors (Lipinski definition) is 0. The van der Waals surface area contributed by atoms with Gasteiger partial charge in [0.2, 0.25) is 5.69 Å². The van der Waals surface area contributed by atoms with E-state index >= 15 is 4.39 Å². The minimum absolute atomic E-state index is 0.250. The third kappa shape index (κ3) is 3.98. The van der Waals surface area contributed by atoms with Crippen molar-refractivity contribution in [1.82, 2.24) is 15.0 Å². The summed E-state index contributed by atoms with van der Waals surface area (Å²) in [5.41, 5.74) is 3.26. The van der Waals surface area contributed by atoms with Crippen LogP contribution in [0.3, 0.4) is 0 Å². The lowest BCUT2D eigenvalue weighted by Gasteiger charge is -2.14. The van der Waals surface area contributed by atoms with Crippen LogP contribution < -0.4 is 4.57 Å². The van der Waals surface area contributed by atoms with Crippen molar-refractivity contribution in [1.29, 1.82) is 0 Å². The highest BCUT2D eigenvalue weighted by Crippen LogP contribution is 2.36. The Morgan fingerprint density at radius 1 is 0.871 bits per heavy atom. The van der Waals surface area contributed by atoms with E-state index in [0.717, 1.165) is 54.0 Å². The Hall–Kier alpha value is -2.69. The first kappa shape index (κ1) is 20.2. The molecule has 2 heterocycles. The van der Waals surface area contributed by atoms with Crippen LogP contribution in [-0.4, -0.2) is 15.0 Å². The van der Waals surface area contributed by atoms with E-state index in [4.69, 9.17) is 15.0 Å². The molecule has 0 aliphatic heterocycles. The lowest BCUT2D eigenvalue weighted by atomic mass is 10.0. The SMILES string of the molecule is Cc1ccccc1-c1c(F)cc(-c2nc(C3CCCC3)nc(C3CCCC3)n2)c[n+]1C. The molecule has 3 aromatic rings. The van der Waals surface area contributed by atoms with Crippen LogP contribution in [0.1, 0.15) is 80.4 Å². The Morgan fingerprint density at radius 2 is 1.45 bits per heavy atom. The summed E-state index contributed by atoms with van der Waals surface area (Å²) in [5.74, 6) is 3.01. The van der Waals surface area contributed by atoms with Crippen molar-refractivity contribution in [2.75, 3.05) is 0 Å². The van der Waals surface area contributed by atoms with Gasteiger partial charge in [0, 0.05) is 11.8 Å². The zero-order chi connectivity index (χ0) is 21.4. The summed E-state index contributed by atoms with van der Waals surface area (Å²) in [4.78, 5) is 14.6. The van der Waals surface area contributed by atoms with Gasteiger partial charge in [-0.3, -0.25) is 0 Å². The highest BCUT2D eigenvalue weighted by molar-refractivity contribution is 5.64. The molecule has 0 amide bonds. The van der Waals surface area contributed by atoms with Gasteiger partial charge in [-0.05, 0) is 50.3 Å². The largest absolute Gasteiger partial charge is 0.248 e. The molecule has 5 rings (SSSR count). The molecule has 0 N–H and O–H groups in total. The second-order valence-electron chi connectivity index (χ2n) is 9.19. The third-order valence-electron chi connectivity index (χ3n) is 6.96. The number of halogens is 1. The standard InChI is InChI=1S/C26H30FN4/c1-17-9-3-8-14-21(17)23-22(27)15-20(16-31(23)2)26-29-24(18-10-4-5-11-18)28-25(30-26)19-12-6-7-13-19/h3,8-9,14-16,18-19H,4-7,10-13H2,1-2H3/q+1. The number of benzene rings is 1. The topological polar surface area (TPSA) is 42.6 Å². The Bertz CT molecular complexity index is 1040. The number of aryl methyl sites for hydroxylation is 2. The first-order valence-electron chi connectivity index (χ1n) is 11.6. The van der Waals surface area contributed by atoms with Gasteiger partial charge in [0.25, 0.3) is 0 Å². The highest BCUT2D eigenvalue weighted by Gasteiger charge is 2.27. The Morgan fingerprint density at radius 3 is 2.00 bits per heavy atom. The van der Waals surface area contributed by atoms with Crippen molar-refractivity contribution >= 4 is 0 Å². The molecule has 0 radical (unpaired) electrons. The van der Waals surface area contributed by atoms with Crippen molar-refractivity contribution in [3.05, 3.63) is 59.6 Å². The predicted octanol–water partition coefficient (Wildman–Crippen LogP) is 5.79. The number of aromatic nitrogens is 4. The monoisotopic (exact) mass is 417 g/mol. The van der Waals surface area contributed by atoms with Crippen LogP contribution in [0.4, 0.5) is 4.39 Å². The number of pyridine rings is 1. The summed E-state index contributed by atoms with van der Waals surface area (Å²) in [6.07, 6.45) is 11.5. The molecule has 1 aromatic carbocycles. The predicted molar refractivity (Wildman–Crippen MR) is 119 cm³/mol. The minimum Gasteiger partial charge on any atom is -0.217 e. The van der Waals surface area contributed by atoms with Crippen LogP contribution in [0.5, 0.6) is 0 Å². The second kappa shape index (κ2) is 8.45. The lowest BCUT2D eigenvalue weighted by molar-refractivity contribution is -0.661. The average molecular weight is 418 g/mol. The number of hydrogen-bond acceptors (Lipinski definition) is 3. The van der Waals surface area contributed by atoms with Crippen LogP contribution in [0, 0.1) is 12.7 Å². The third-order valence-corrected chi connectivity index (χ3v) is 6.96. The van der Waals surface area contributed by atoms with E-state index in [1.54, 1.807) is 6.07 Å². The van der Waals surface area contributed by atoms with Crippen molar-refractivity contribution in [3.8, 4) is 22.6 Å². The van der Waals surface area contributed by atoms with Gasteiger partial charge in [-0.25, -0.2) is 15.0 Å². The van der Waals surface area contributed by atoms with Gasteiger partial charge in [0.05, 0.1) is 11.1 Å². The van der Waals surface area contributed by atoms with Crippen molar-refractivity contribution in [3.63, 3.8) is 0 Å². The van der Waals surface area contributed by atoms with Gasteiger partial charge in [-0.1, -0.05) is 43.9 Å². The van der Waals surface area contributed by atoms with E-state index in [0.29, 0.717) is 23.4 Å². The molecule has 2 saturated carbocycles. The molecule has 160 valence electrons. The molecular weight excluding hydrogens is 387 g/mol. The summed E-state index contributed by atoms with van der Waals surface area (Å²) in [6.45, 7) is 2.01. The fraction of sp³-hybridized carbons (Fsp3) is 0.462. The van der Waals surface area contributed by atoms with E-state index in [9.17, 15) is 0 Å². The highest BCUT2D eigenvalue weighted by atomic mass is 19.1. The van der Waals surface area contributed by atoms with Crippen LogP contribution >= 0.6 is 0 Å². The van der Waals surface area contributed by atoms with Gasteiger partial charge in [-0.15, -0.1) is 0 Å². The van der Waals surface area contributed by atoms with E-state index < -0.39 is 0 Å². The molecule has 0 unspecified atom stereocenters. The first-order chi connectivity index (χ1) is 15.1. The van der Waals surface area contributed by atoms with Crippen molar-refractivity contribution in [2.45, 2.75) is 70.1 Å². The Balaban J connectivity index is 1.60. The van der Waals surface area contributed by atoms with E-state index in [1.807, 2.05) is 49.0 Å². The van der Waals surface area contributed by atoms with E-state index in [2.05, 4.69) is 0 Å². The van der Waals surface area contributed by atoms with Crippen LogP contribution in [0.15, 0.2) is 36.5 Å². The Kier molecular flexibility index (Phi) is 5.51. The van der Waals surface area contributed by atoms with E-state index in [-0.39, 0.29) is 5.82 Å². The normalized spacial score (nSPS) is 17.5. The maximum absolute atomic E-state index is 15.4. The maximum Gasteiger partial charge on any atom is 0.248 e. The van der Waals surface area contributed by atoms with Crippen LogP contribution in [0.25, 0.3) is 22.6 Å². The molecule has 2 aliphatic rings. The van der Waals surface area contributed by atoms with Crippen molar-refractivity contribution < 1.29 is 8.96 Å². The molecule has 5 heteroatoms. The molecule has 31 heavy (non-hydrogen) atoms. The first-order valence-corrected chi connectivity index (χ1v) is 11.6. The summed E-state index contributed by atoms with van der Waals surface area (Å²) in [5, 5.41) is 0. The minimum atomic E-state index is -0.250. The molecule has 0 spiro atoms. The molecular formula is C26H30FN4+. The summed E-state index contributed by atoms with van der Waals surface area (Å²) in [7, 11) is 1.89. The average Bonchev–Trinajstić information content (AvgIpc) is 3.49. The number of rotatable bonds is 4. The summed E-state index contributed by atoms with van der Waals surface area (Å²) in [6, 6.07) is 9.49. The van der Waals surface area contributed by atoms with Crippen molar-refractivity contribution in [2.24, 2.45) is 7.05 Å². The molecule has 2 fully saturated rings. The maximum atomic E-state index is 15.4. The molecule has 0 atom stereocenters. The summed E-state index contributed by atoms with van der Waals surface area (Å²) < 4.78 is 17.2. The molecule has 0 bridgehead atoms. The Labute approximate surface area is 183 Å².